The SMILES string of the molecule is CSc1ccc([C@@H](Br)C(=O)c2ccc(F)cc2)cc1. The minimum Gasteiger partial charge on any atom is -0.293 e. The lowest BCUT2D eigenvalue weighted by molar-refractivity contribution is 0.0991. The summed E-state index contributed by atoms with van der Waals surface area (Å²) in [5, 5.41) is 0. The van der Waals surface area contributed by atoms with Gasteiger partial charge in [-0.05, 0) is 48.2 Å². The molecule has 19 heavy (non-hydrogen) atoms. The second kappa shape index (κ2) is 6.35. The van der Waals surface area contributed by atoms with Gasteiger partial charge in [-0.25, -0.2) is 4.39 Å². The zero-order valence-electron chi connectivity index (χ0n) is 10.3. The molecule has 0 N–H and O–H groups in total. The molecule has 0 spiro atoms. The lowest BCUT2D eigenvalue weighted by Gasteiger charge is -2.10. The summed E-state index contributed by atoms with van der Waals surface area (Å²) in [7, 11) is 0. The summed E-state index contributed by atoms with van der Waals surface area (Å²) in [6, 6.07) is 13.4. The maximum atomic E-state index is 12.8. The first-order chi connectivity index (χ1) is 9.11. The molecule has 0 aliphatic rings. The zero-order valence-corrected chi connectivity index (χ0v) is 12.7. The van der Waals surface area contributed by atoms with E-state index in [1.807, 2.05) is 30.5 Å². The van der Waals surface area contributed by atoms with E-state index in [4.69, 9.17) is 0 Å². The van der Waals surface area contributed by atoms with Gasteiger partial charge in [0.05, 0.1) is 0 Å². The molecule has 0 aliphatic heterocycles. The van der Waals surface area contributed by atoms with Crippen LogP contribution in [-0.4, -0.2) is 12.0 Å². The molecule has 0 saturated carbocycles. The highest BCUT2D eigenvalue weighted by molar-refractivity contribution is 9.09. The van der Waals surface area contributed by atoms with E-state index >= 15 is 0 Å². The van der Waals surface area contributed by atoms with Crippen molar-refractivity contribution in [1.29, 1.82) is 0 Å². The Morgan fingerprint density at radius 1 is 1.11 bits per heavy atom. The largest absolute Gasteiger partial charge is 0.293 e. The van der Waals surface area contributed by atoms with Gasteiger partial charge in [0.1, 0.15) is 10.6 Å². The Morgan fingerprint density at radius 2 is 1.68 bits per heavy atom. The number of hydrogen-bond acceptors (Lipinski definition) is 2. The average Bonchev–Trinajstić information content (AvgIpc) is 2.46. The highest BCUT2D eigenvalue weighted by Gasteiger charge is 2.18. The minimum atomic E-state index is -0.408. The van der Waals surface area contributed by atoms with Crippen molar-refractivity contribution in [2.45, 2.75) is 9.72 Å². The summed E-state index contributed by atoms with van der Waals surface area (Å²) in [5.74, 6) is -0.413. The highest BCUT2D eigenvalue weighted by Crippen LogP contribution is 2.28. The maximum absolute atomic E-state index is 12.8. The molecule has 0 aliphatic carbocycles. The maximum Gasteiger partial charge on any atom is 0.180 e. The van der Waals surface area contributed by atoms with Gasteiger partial charge in [0, 0.05) is 10.5 Å². The number of halogens is 2. The summed E-state index contributed by atoms with van der Waals surface area (Å²) >= 11 is 5.06. The normalized spacial score (nSPS) is 12.2. The van der Waals surface area contributed by atoms with E-state index in [1.54, 1.807) is 11.8 Å². The van der Waals surface area contributed by atoms with Gasteiger partial charge in [0.15, 0.2) is 5.78 Å². The van der Waals surface area contributed by atoms with Crippen LogP contribution in [-0.2, 0) is 0 Å². The van der Waals surface area contributed by atoms with Crippen LogP contribution in [0.15, 0.2) is 53.4 Å². The molecule has 4 heteroatoms. The number of rotatable bonds is 4. The van der Waals surface area contributed by atoms with Crippen molar-refractivity contribution >= 4 is 33.5 Å². The lowest BCUT2D eigenvalue weighted by Crippen LogP contribution is -2.07. The van der Waals surface area contributed by atoms with Crippen LogP contribution in [0.25, 0.3) is 0 Å². The molecule has 0 heterocycles. The van der Waals surface area contributed by atoms with E-state index in [0.717, 1.165) is 10.5 Å². The Morgan fingerprint density at radius 3 is 2.21 bits per heavy atom. The van der Waals surface area contributed by atoms with Gasteiger partial charge in [0.2, 0.25) is 0 Å². The van der Waals surface area contributed by atoms with Crippen molar-refractivity contribution in [1.82, 2.24) is 0 Å². The van der Waals surface area contributed by atoms with E-state index in [1.165, 1.54) is 24.3 Å². The van der Waals surface area contributed by atoms with Gasteiger partial charge in [-0.3, -0.25) is 4.79 Å². The summed E-state index contributed by atoms with van der Waals surface area (Å²) in [5.41, 5.74) is 1.39. The standard InChI is InChI=1S/C15H12BrFOS/c1-19-13-8-4-10(5-9-13)14(16)15(18)11-2-6-12(17)7-3-11/h2-9,14H,1H3/t14-/m1/s1. The third kappa shape index (κ3) is 3.45. The van der Waals surface area contributed by atoms with Crippen LogP contribution >= 0.6 is 27.7 Å². The zero-order chi connectivity index (χ0) is 13.8. The quantitative estimate of drug-likeness (QED) is 0.449. The summed E-state index contributed by atoms with van der Waals surface area (Å²) in [4.78, 5) is 13.0. The first-order valence-electron chi connectivity index (χ1n) is 5.69. The smallest absolute Gasteiger partial charge is 0.180 e. The fraction of sp³-hybridized carbons (Fsp3) is 0.133. The Balaban J connectivity index is 2.20. The number of carbonyl (C=O) groups is 1. The second-order valence-electron chi connectivity index (χ2n) is 4.01. The van der Waals surface area contributed by atoms with Gasteiger partial charge < -0.3 is 0 Å². The van der Waals surface area contributed by atoms with Gasteiger partial charge in [-0.15, -0.1) is 11.8 Å². The Kier molecular flexibility index (Phi) is 4.77. The lowest BCUT2D eigenvalue weighted by atomic mass is 10.0. The molecule has 0 radical (unpaired) electrons. The molecule has 0 fully saturated rings. The van der Waals surface area contributed by atoms with E-state index in [2.05, 4.69) is 15.9 Å². The molecule has 2 aromatic carbocycles. The number of hydrogen-bond donors (Lipinski definition) is 0. The number of benzene rings is 2. The van der Waals surface area contributed by atoms with E-state index < -0.39 is 4.83 Å². The molecule has 0 bridgehead atoms. The predicted molar refractivity (Wildman–Crippen MR) is 80.6 cm³/mol. The molecule has 0 aromatic heterocycles. The topological polar surface area (TPSA) is 17.1 Å². The van der Waals surface area contributed by atoms with Crippen molar-refractivity contribution < 1.29 is 9.18 Å². The first kappa shape index (κ1) is 14.3. The molecular weight excluding hydrogens is 327 g/mol. The van der Waals surface area contributed by atoms with Crippen LogP contribution < -0.4 is 0 Å². The summed E-state index contributed by atoms with van der Waals surface area (Å²) in [6.07, 6.45) is 2.00. The molecule has 0 unspecified atom stereocenters. The van der Waals surface area contributed by atoms with Crippen molar-refractivity contribution in [3.8, 4) is 0 Å². The average molecular weight is 339 g/mol. The van der Waals surface area contributed by atoms with Crippen molar-refractivity contribution in [2.75, 3.05) is 6.26 Å². The van der Waals surface area contributed by atoms with Crippen LogP contribution in [0.1, 0.15) is 20.7 Å². The minimum absolute atomic E-state index is 0.0723. The fourth-order valence-electron chi connectivity index (χ4n) is 1.68. The third-order valence-corrected chi connectivity index (χ3v) is 4.46. The molecule has 0 amide bonds. The summed E-state index contributed by atoms with van der Waals surface area (Å²) < 4.78 is 12.8. The number of Topliss-reactive ketones (excluding diaryl/α,β-unsaturated/α-hetero) is 1. The van der Waals surface area contributed by atoms with Crippen LogP contribution in [0.5, 0.6) is 0 Å². The summed E-state index contributed by atoms with van der Waals surface area (Å²) in [6.45, 7) is 0. The van der Waals surface area contributed by atoms with Crippen molar-refractivity contribution in [3.63, 3.8) is 0 Å². The molecule has 2 aromatic rings. The Labute approximate surface area is 124 Å². The number of alkyl halides is 1. The molecule has 98 valence electrons. The number of thioether (sulfide) groups is 1. The molecule has 0 saturated heterocycles. The Hall–Kier alpha value is -1.13. The van der Waals surface area contributed by atoms with Crippen molar-refractivity contribution in [2.24, 2.45) is 0 Å². The molecule has 2 rings (SSSR count). The van der Waals surface area contributed by atoms with Gasteiger partial charge in [-0.1, -0.05) is 28.1 Å². The monoisotopic (exact) mass is 338 g/mol. The molecule has 1 nitrogen and oxygen atoms in total. The second-order valence-corrected chi connectivity index (χ2v) is 5.80. The van der Waals surface area contributed by atoms with E-state index in [0.29, 0.717) is 5.56 Å². The molecule has 1 atom stereocenters. The van der Waals surface area contributed by atoms with Crippen molar-refractivity contribution in [3.05, 3.63) is 65.5 Å². The molecular formula is C15H12BrFOS. The van der Waals surface area contributed by atoms with Crippen LogP contribution in [0.2, 0.25) is 0 Å². The van der Waals surface area contributed by atoms with Crippen LogP contribution in [0.4, 0.5) is 4.39 Å². The number of ketones is 1. The van der Waals surface area contributed by atoms with E-state index in [-0.39, 0.29) is 11.6 Å². The Bertz CT molecular complexity index is 566. The van der Waals surface area contributed by atoms with Gasteiger partial charge in [0.25, 0.3) is 0 Å². The van der Waals surface area contributed by atoms with Crippen LogP contribution in [0.3, 0.4) is 0 Å². The fourth-order valence-corrected chi connectivity index (χ4v) is 2.66. The third-order valence-electron chi connectivity index (χ3n) is 2.77. The number of carbonyl (C=O) groups excluding carboxylic acids is 1. The first-order valence-corrected chi connectivity index (χ1v) is 7.83. The van der Waals surface area contributed by atoms with Crippen LogP contribution in [0, 0.1) is 5.82 Å². The van der Waals surface area contributed by atoms with Gasteiger partial charge in [-0.2, -0.15) is 0 Å². The highest BCUT2D eigenvalue weighted by atomic mass is 79.9. The van der Waals surface area contributed by atoms with Gasteiger partial charge >= 0.3 is 0 Å². The predicted octanol–water partition coefficient (Wildman–Crippen LogP) is 4.87. The van der Waals surface area contributed by atoms with E-state index in [9.17, 15) is 9.18 Å².